The van der Waals surface area contributed by atoms with E-state index in [1.54, 1.807) is 0 Å². The van der Waals surface area contributed by atoms with E-state index in [1.807, 2.05) is 26.4 Å². The van der Waals surface area contributed by atoms with Gasteiger partial charge < -0.3 is 5.32 Å². The van der Waals surface area contributed by atoms with Gasteiger partial charge in [-0.1, -0.05) is 19.9 Å². The molecule has 31 heavy (non-hydrogen) atoms. The highest BCUT2D eigenvalue weighted by Gasteiger charge is 2.49. The van der Waals surface area contributed by atoms with Crippen LogP contribution in [0.1, 0.15) is 70.6 Å². The number of rotatable bonds is 4. The first-order valence-corrected chi connectivity index (χ1v) is 11.7. The third-order valence-corrected chi connectivity index (χ3v) is 7.45. The lowest BCUT2D eigenvalue weighted by Gasteiger charge is -2.45. The van der Waals surface area contributed by atoms with Crippen molar-refractivity contribution in [2.75, 3.05) is 5.32 Å². The van der Waals surface area contributed by atoms with E-state index in [2.05, 4.69) is 59.7 Å². The van der Waals surface area contributed by atoms with Gasteiger partial charge in [0, 0.05) is 11.3 Å². The molecule has 1 aliphatic heterocycles. The summed E-state index contributed by atoms with van der Waals surface area (Å²) in [5, 5.41) is 3.67. The fourth-order valence-electron chi connectivity index (χ4n) is 5.76. The fraction of sp³-hybridized carbons (Fsp3) is 0.481. The van der Waals surface area contributed by atoms with Crippen LogP contribution in [0.5, 0.6) is 0 Å². The summed E-state index contributed by atoms with van der Waals surface area (Å²) in [6, 6.07) is 8.71. The Balaban J connectivity index is 1.78. The normalized spacial score (nSPS) is 21.9. The van der Waals surface area contributed by atoms with Gasteiger partial charge in [0.15, 0.2) is 5.78 Å². The summed E-state index contributed by atoms with van der Waals surface area (Å²) >= 11 is 0. The van der Waals surface area contributed by atoms with E-state index in [-0.39, 0.29) is 0 Å². The van der Waals surface area contributed by atoms with Gasteiger partial charge in [0.2, 0.25) is 0 Å². The molecule has 3 aromatic rings. The third kappa shape index (κ3) is 3.02. The lowest BCUT2D eigenvalue weighted by Crippen LogP contribution is -2.55. The molecule has 1 unspecified atom stereocenters. The first-order valence-electron chi connectivity index (χ1n) is 11.7. The van der Waals surface area contributed by atoms with Gasteiger partial charge in [0.05, 0.1) is 34.7 Å². The molecule has 162 valence electrons. The molecule has 1 aromatic carbocycles. The van der Waals surface area contributed by atoms with E-state index in [0.717, 1.165) is 37.6 Å². The van der Waals surface area contributed by atoms with Crippen LogP contribution in [0, 0.1) is 5.92 Å². The minimum atomic E-state index is -0.555. The van der Waals surface area contributed by atoms with Gasteiger partial charge in [-0.2, -0.15) is 0 Å². The topological polar surface area (TPSA) is 46.4 Å². The Hall–Kier alpha value is -2.62. The number of fused-ring (bicyclic) bond motifs is 4. The Labute approximate surface area is 185 Å². The smallest absolute Gasteiger partial charge is 0.167 e. The van der Waals surface area contributed by atoms with Crippen molar-refractivity contribution in [3.8, 4) is 11.3 Å². The monoisotopic (exact) mass is 415 g/mol. The summed E-state index contributed by atoms with van der Waals surface area (Å²) in [6.07, 6.45) is 9.05. The van der Waals surface area contributed by atoms with Crippen LogP contribution in [0.15, 0.2) is 36.8 Å². The zero-order valence-corrected chi connectivity index (χ0v) is 19.4. The van der Waals surface area contributed by atoms with Crippen LogP contribution in [-0.2, 0) is 23.1 Å². The molecule has 5 rings (SSSR count). The van der Waals surface area contributed by atoms with Gasteiger partial charge in [-0.3, -0.25) is 9.20 Å². The number of nitrogens with one attached hydrogen (secondary N) is 1. The summed E-state index contributed by atoms with van der Waals surface area (Å²) in [5.41, 5.74) is 7.75. The van der Waals surface area contributed by atoms with Crippen LogP contribution in [0.3, 0.4) is 0 Å². The van der Waals surface area contributed by atoms with E-state index in [1.165, 1.54) is 33.6 Å². The Kier molecular flexibility index (Phi) is 4.55. The molecule has 4 nitrogen and oxygen atoms in total. The molecule has 1 aliphatic carbocycles. The number of pyridine rings is 1. The molecule has 1 N–H and O–H groups in total. The number of carbonyl (C=O) groups is 1. The fourth-order valence-corrected chi connectivity index (χ4v) is 5.76. The van der Waals surface area contributed by atoms with Crippen molar-refractivity contribution in [1.82, 2.24) is 9.38 Å². The third-order valence-electron chi connectivity index (χ3n) is 7.45. The Morgan fingerprint density at radius 1 is 1.16 bits per heavy atom. The number of imidazole rings is 1. The maximum atomic E-state index is 13.8. The molecule has 0 saturated heterocycles. The zero-order chi connectivity index (χ0) is 22.0. The van der Waals surface area contributed by atoms with Crippen molar-refractivity contribution in [2.24, 2.45) is 5.92 Å². The molecule has 2 aliphatic rings. The van der Waals surface area contributed by atoms with Crippen LogP contribution < -0.4 is 5.32 Å². The van der Waals surface area contributed by atoms with Gasteiger partial charge in [-0.05, 0) is 93.7 Å². The van der Waals surface area contributed by atoms with Crippen molar-refractivity contribution >= 4 is 17.0 Å². The van der Waals surface area contributed by atoms with E-state index in [0.29, 0.717) is 11.7 Å². The standard InChI is InChI=1S/C27H33N3O/c1-17(2)12-13-27(5)22-14-21(23-11-6-8-18-15-28-16-30(18)23)19-9-7-10-20(19)24(22)29-26(3,4)25(27)31/h6,8,11,14-17,29H,7,9-10,12-13H2,1-5H3. The van der Waals surface area contributed by atoms with Crippen molar-refractivity contribution in [1.29, 1.82) is 0 Å². The van der Waals surface area contributed by atoms with E-state index in [9.17, 15) is 4.79 Å². The Bertz CT molecular complexity index is 1190. The molecule has 0 radical (unpaired) electrons. The number of anilines is 1. The first-order chi connectivity index (χ1) is 14.7. The molecule has 1 atom stereocenters. The first kappa shape index (κ1) is 20.3. The van der Waals surface area contributed by atoms with Crippen molar-refractivity contribution in [3.63, 3.8) is 0 Å². The number of benzene rings is 1. The van der Waals surface area contributed by atoms with Crippen molar-refractivity contribution < 1.29 is 4.79 Å². The van der Waals surface area contributed by atoms with Crippen LogP contribution >= 0.6 is 0 Å². The lowest BCUT2D eigenvalue weighted by atomic mass is 9.64. The Morgan fingerprint density at radius 3 is 2.71 bits per heavy atom. The Morgan fingerprint density at radius 2 is 1.94 bits per heavy atom. The highest BCUT2D eigenvalue weighted by Crippen LogP contribution is 2.50. The van der Waals surface area contributed by atoms with E-state index >= 15 is 0 Å². The quantitative estimate of drug-likeness (QED) is 0.572. The molecular formula is C27H33N3O. The predicted molar refractivity (Wildman–Crippen MR) is 127 cm³/mol. The SMILES string of the molecule is CC(C)CCC1(C)C(=O)C(C)(C)Nc2c1cc(-c1cccc3cncn13)c1c2CCC1. The molecule has 0 saturated carbocycles. The molecule has 3 heterocycles. The number of hydrogen-bond donors (Lipinski definition) is 1. The number of aromatic nitrogens is 2. The van der Waals surface area contributed by atoms with E-state index < -0.39 is 11.0 Å². The van der Waals surface area contributed by atoms with Crippen LogP contribution in [-0.4, -0.2) is 20.7 Å². The maximum absolute atomic E-state index is 13.8. The maximum Gasteiger partial charge on any atom is 0.167 e. The highest BCUT2D eigenvalue weighted by atomic mass is 16.1. The average Bonchev–Trinajstić information content (AvgIpc) is 3.40. The molecule has 2 aromatic heterocycles. The summed E-state index contributed by atoms with van der Waals surface area (Å²) in [7, 11) is 0. The molecule has 0 bridgehead atoms. The highest BCUT2D eigenvalue weighted by molar-refractivity contribution is 6.04. The van der Waals surface area contributed by atoms with Crippen LogP contribution in [0.25, 0.3) is 16.8 Å². The minimum absolute atomic E-state index is 0.304. The second-order valence-corrected chi connectivity index (χ2v) is 10.6. The second kappa shape index (κ2) is 6.94. The second-order valence-electron chi connectivity index (χ2n) is 10.6. The number of ketones is 1. The van der Waals surface area contributed by atoms with Crippen LogP contribution in [0.4, 0.5) is 5.69 Å². The number of carbonyl (C=O) groups excluding carboxylic acids is 1. The van der Waals surface area contributed by atoms with Gasteiger partial charge >= 0.3 is 0 Å². The number of hydrogen-bond acceptors (Lipinski definition) is 3. The average molecular weight is 416 g/mol. The molecule has 0 fully saturated rings. The number of Topliss-reactive ketones (excluding diaryl/α,β-unsaturated/α-hetero) is 1. The van der Waals surface area contributed by atoms with Gasteiger partial charge in [0.1, 0.15) is 0 Å². The predicted octanol–water partition coefficient (Wildman–Crippen LogP) is 5.96. The number of nitrogens with zero attached hydrogens (tertiary/aromatic N) is 2. The van der Waals surface area contributed by atoms with Gasteiger partial charge in [-0.25, -0.2) is 4.98 Å². The van der Waals surface area contributed by atoms with Crippen molar-refractivity contribution in [3.05, 3.63) is 53.5 Å². The summed E-state index contributed by atoms with van der Waals surface area (Å²) < 4.78 is 2.17. The van der Waals surface area contributed by atoms with Crippen molar-refractivity contribution in [2.45, 2.75) is 77.7 Å². The summed E-state index contributed by atoms with van der Waals surface area (Å²) in [4.78, 5) is 18.2. The molecule has 4 heteroatoms. The minimum Gasteiger partial charge on any atom is -0.373 e. The van der Waals surface area contributed by atoms with Crippen LogP contribution in [0.2, 0.25) is 0 Å². The van der Waals surface area contributed by atoms with Gasteiger partial charge in [-0.15, -0.1) is 0 Å². The molecular weight excluding hydrogens is 382 g/mol. The molecule has 0 spiro atoms. The zero-order valence-electron chi connectivity index (χ0n) is 19.4. The van der Waals surface area contributed by atoms with E-state index in [4.69, 9.17) is 0 Å². The summed E-state index contributed by atoms with van der Waals surface area (Å²) in [6.45, 7) is 10.8. The molecule has 0 amide bonds. The largest absolute Gasteiger partial charge is 0.373 e. The van der Waals surface area contributed by atoms with Gasteiger partial charge in [0.25, 0.3) is 0 Å². The summed E-state index contributed by atoms with van der Waals surface area (Å²) in [5.74, 6) is 0.873. The lowest BCUT2D eigenvalue weighted by molar-refractivity contribution is -0.128.